The third kappa shape index (κ3) is 6.59. The first kappa shape index (κ1) is 30.4. The van der Waals surface area contributed by atoms with E-state index >= 15 is 4.39 Å². The zero-order chi connectivity index (χ0) is 31.3. The highest BCUT2D eigenvalue weighted by atomic mass is 19.1. The van der Waals surface area contributed by atoms with Crippen LogP contribution < -0.4 is 15.0 Å². The van der Waals surface area contributed by atoms with Gasteiger partial charge in [-0.15, -0.1) is 5.10 Å². The fourth-order valence-electron chi connectivity index (χ4n) is 6.07. The highest BCUT2D eigenvalue weighted by Gasteiger charge is 2.32. The number of ether oxygens (including phenoxy) is 3. The second kappa shape index (κ2) is 13.6. The number of hydrogen-bond acceptors (Lipinski definition) is 8. The summed E-state index contributed by atoms with van der Waals surface area (Å²) in [6.07, 6.45) is 2.42. The lowest BCUT2D eigenvalue weighted by atomic mass is 10.00. The number of nitrogens with zero attached hydrogens (tertiary/aromatic N) is 5. The Kier molecular flexibility index (Phi) is 9.18. The maximum atomic E-state index is 15.2. The van der Waals surface area contributed by atoms with Gasteiger partial charge in [-0.1, -0.05) is 42.5 Å². The summed E-state index contributed by atoms with van der Waals surface area (Å²) in [5, 5.41) is 13.8. The lowest BCUT2D eigenvalue weighted by Gasteiger charge is -2.31. The molecule has 0 bridgehead atoms. The predicted molar refractivity (Wildman–Crippen MR) is 168 cm³/mol. The summed E-state index contributed by atoms with van der Waals surface area (Å²) in [5.41, 5.74) is 3.45. The number of nitrogens with one attached hydrogen (secondary N) is 1. The minimum atomic E-state index is -0.699. The van der Waals surface area contributed by atoms with E-state index < -0.39 is 6.04 Å². The van der Waals surface area contributed by atoms with E-state index in [1.54, 1.807) is 31.0 Å². The molecule has 6 rings (SSSR count). The van der Waals surface area contributed by atoms with E-state index in [0.717, 1.165) is 34.9 Å². The number of aromatic nitrogens is 5. The maximum absolute atomic E-state index is 15.2. The number of hydrogen-bond donors (Lipinski definition) is 1. The summed E-state index contributed by atoms with van der Waals surface area (Å²) in [7, 11) is 3.20. The molecule has 45 heavy (non-hydrogen) atoms. The molecule has 1 saturated heterocycles. The van der Waals surface area contributed by atoms with Crippen molar-refractivity contribution in [2.75, 3.05) is 27.4 Å². The molecule has 2 aromatic heterocycles. The zero-order valence-corrected chi connectivity index (χ0v) is 25.7. The van der Waals surface area contributed by atoms with Gasteiger partial charge in [0.2, 0.25) is 0 Å². The highest BCUT2D eigenvalue weighted by molar-refractivity contribution is 5.82. The van der Waals surface area contributed by atoms with Gasteiger partial charge in [0, 0.05) is 30.8 Å². The lowest BCUT2D eigenvalue weighted by Crippen LogP contribution is -2.37. The minimum Gasteiger partial charge on any atom is -0.493 e. The predicted octanol–water partition coefficient (Wildman–Crippen LogP) is 4.99. The molecule has 2 atom stereocenters. The molecule has 0 aliphatic carbocycles. The number of aryl methyl sites for hydroxylation is 1. The van der Waals surface area contributed by atoms with E-state index in [0.29, 0.717) is 54.6 Å². The Morgan fingerprint density at radius 3 is 2.71 bits per heavy atom. The molecule has 1 fully saturated rings. The van der Waals surface area contributed by atoms with E-state index in [9.17, 15) is 4.79 Å². The second-order valence-corrected chi connectivity index (χ2v) is 11.4. The molecule has 10 nitrogen and oxygen atoms in total. The molecule has 1 N–H and O–H groups in total. The van der Waals surface area contributed by atoms with Gasteiger partial charge < -0.3 is 19.2 Å². The summed E-state index contributed by atoms with van der Waals surface area (Å²) in [5.74, 6) is 1.42. The number of benzene rings is 3. The number of tetrazole rings is 1. The number of H-pyrrole nitrogens is 1. The number of pyridine rings is 1. The van der Waals surface area contributed by atoms with Crippen LogP contribution in [0.1, 0.15) is 47.0 Å². The Morgan fingerprint density at radius 2 is 1.93 bits per heavy atom. The maximum Gasteiger partial charge on any atom is 0.253 e. The quantitative estimate of drug-likeness (QED) is 0.210. The van der Waals surface area contributed by atoms with Crippen molar-refractivity contribution in [2.45, 2.75) is 51.4 Å². The van der Waals surface area contributed by atoms with E-state index in [2.05, 4.69) is 25.4 Å². The Labute approximate surface area is 260 Å². The van der Waals surface area contributed by atoms with E-state index in [1.807, 2.05) is 55.5 Å². The van der Waals surface area contributed by atoms with Crippen molar-refractivity contribution >= 4 is 10.9 Å². The van der Waals surface area contributed by atoms with Gasteiger partial charge in [-0.2, -0.15) is 0 Å². The first-order chi connectivity index (χ1) is 21.9. The molecule has 234 valence electrons. The molecular weight excluding hydrogens is 575 g/mol. The summed E-state index contributed by atoms with van der Waals surface area (Å²) in [4.78, 5) is 19.1. The van der Waals surface area contributed by atoms with Crippen molar-refractivity contribution in [3.8, 4) is 11.5 Å². The van der Waals surface area contributed by atoms with Crippen LogP contribution in [-0.4, -0.2) is 63.6 Å². The molecule has 0 amide bonds. The summed E-state index contributed by atoms with van der Waals surface area (Å²) < 4.78 is 33.8. The van der Waals surface area contributed by atoms with Crippen LogP contribution >= 0.6 is 0 Å². The zero-order valence-electron chi connectivity index (χ0n) is 25.7. The van der Waals surface area contributed by atoms with E-state index in [4.69, 9.17) is 14.2 Å². The number of methoxy groups -OCH3 is 2. The lowest BCUT2D eigenvalue weighted by molar-refractivity contribution is 0.0906. The summed E-state index contributed by atoms with van der Waals surface area (Å²) in [6, 6.07) is 19.6. The van der Waals surface area contributed by atoms with Gasteiger partial charge in [-0.05, 0) is 77.4 Å². The minimum absolute atomic E-state index is 0.0304. The van der Waals surface area contributed by atoms with Crippen LogP contribution in [0.15, 0.2) is 71.5 Å². The van der Waals surface area contributed by atoms with E-state index in [-0.39, 0.29) is 24.0 Å². The van der Waals surface area contributed by atoms with Crippen LogP contribution in [0.4, 0.5) is 4.39 Å². The van der Waals surface area contributed by atoms with Gasteiger partial charge >= 0.3 is 0 Å². The molecule has 1 aliphatic heterocycles. The average molecular weight is 613 g/mol. The Hall–Kier alpha value is -4.61. The smallest absolute Gasteiger partial charge is 0.253 e. The fourth-order valence-corrected chi connectivity index (χ4v) is 6.07. The monoisotopic (exact) mass is 612 g/mol. The summed E-state index contributed by atoms with van der Waals surface area (Å²) >= 11 is 0. The van der Waals surface area contributed by atoms with Crippen LogP contribution in [0.3, 0.4) is 0 Å². The van der Waals surface area contributed by atoms with Gasteiger partial charge in [0.25, 0.3) is 5.56 Å². The van der Waals surface area contributed by atoms with E-state index in [1.165, 1.54) is 6.07 Å². The van der Waals surface area contributed by atoms with Gasteiger partial charge in [0.15, 0.2) is 17.3 Å². The number of fused-ring (bicyclic) bond motifs is 1. The van der Waals surface area contributed by atoms with Gasteiger partial charge in [0.1, 0.15) is 11.9 Å². The number of halogens is 1. The number of rotatable bonds is 12. The second-order valence-electron chi connectivity index (χ2n) is 11.4. The largest absolute Gasteiger partial charge is 0.493 e. The normalized spacial score (nSPS) is 15.5. The third-order valence-electron chi connectivity index (χ3n) is 8.45. The molecule has 5 aromatic rings. The van der Waals surface area contributed by atoms with Gasteiger partial charge in [0.05, 0.1) is 32.4 Å². The molecule has 0 saturated carbocycles. The average Bonchev–Trinajstić information content (AvgIpc) is 3.74. The summed E-state index contributed by atoms with van der Waals surface area (Å²) in [6.45, 7) is 3.77. The van der Waals surface area contributed by atoms with Crippen LogP contribution in [0.2, 0.25) is 0 Å². The molecule has 1 aliphatic rings. The van der Waals surface area contributed by atoms with Gasteiger partial charge in [-0.3, -0.25) is 9.69 Å². The van der Waals surface area contributed by atoms with Gasteiger partial charge in [-0.25, -0.2) is 9.07 Å². The molecular formula is C34H37FN6O4. The molecule has 3 aromatic carbocycles. The van der Waals surface area contributed by atoms with Crippen molar-refractivity contribution in [1.82, 2.24) is 30.1 Å². The highest BCUT2D eigenvalue weighted by Crippen LogP contribution is 2.32. The van der Waals surface area contributed by atoms with Crippen LogP contribution in [-0.2, 0) is 24.2 Å². The van der Waals surface area contributed by atoms with Crippen LogP contribution in [0.5, 0.6) is 11.5 Å². The Bertz CT molecular complexity index is 1830. The molecule has 3 heterocycles. The molecule has 0 unspecified atom stereocenters. The van der Waals surface area contributed by atoms with Crippen molar-refractivity contribution in [3.05, 3.63) is 111 Å². The number of aromatic amines is 1. The first-order valence-corrected chi connectivity index (χ1v) is 15.1. The fraction of sp³-hybridized carbons (Fsp3) is 0.353. The van der Waals surface area contributed by atoms with Crippen molar-refractivity contribution < 1.29 is 18.6 Å². The Morgan fingerprint density at radius 1 is 1.09 bits per heavy atom. The third-order valence-corrected chi connectivity index (χ3v) is 8.45. The van der Waals surface area contributed by atoms with Crippen LogP contribution in [0.25, 0.3) is 10.9 Å². The first-order valence-electron chi connectivity index (χ1n) is 15.1. The molecule has 0 spiro atoms. The van der Waals surface area contributed by atoms with Crippen molar-refractivity contribution in [3.63, 3.8) is 0 Å². The standard InChI is InChI=1S/C34H37FN6O4/c1-22-8-6-10-24-19-27(34(42)36-31(22)24)32(33-37-38-39-41(33)21-26-11-7-17-45-26)40(20-25-9-4-5-12-28(25)35)16-15-23-13-14-29(43-2)30(18-23)44-3/h4-6,8-10,12-14,18-19,26,32H,7,11,15-17,20-21H2,1-3H3,(H,36,42)/t26-,32+/m0/s1. The van der Waals surface area contributed by atoms with Crippen molar-refractivity contribution in [1.29, 1.82) is 0 Å². The SMILES string of the molecule is COc1ccc(CCN(Cc2ccccc2F)[C@H](c2cc3cccc(C)c3[nH]c2=O)c2nnnn2C[C@@H]2CCCO2)cc1OC. The van der Waals surface area contributed by atoms with Crippen LogP contribution in [0, 0.1) is 12.7 Å². The number of para-hydroxylation sites is 1. The van der Waals surface area contributed by atoms with Crippen molar-refractivity contribution in [2.24, 2.45) is 0 Å². The topological polar surface area (TPSA) is 107 Å². The Balaban J connectivity index is 1.47. The molecule has 11 heteroatoms. The molecule has 0 radical (unpaired) electrons.